The number of rotatable bonds is 9. The third-order valence-corrected chi connectivity index (χ3v) is 5.18. The van der Waals surface area contributed by atoms with Gasteiger partial charge >= 0.3 is 5.97 Å². The Kier molecular flexibility index (Phi) is 8.11. The fraction of sp³-hybridized carbons (Fsp3) is 0.154. The van der Waals surface area contributed by atoms with Gasteiger partial charge in [-0.1, -0.05) is 60.7 Å². The number of hydrogen-bond acceptors (Lipinski definition) is 5. The number of carbonyl (C=O) groups excluding carboxylic acids is 2. The number of aliphatic hydroxyl groups is 1. The van der Waals surface area contributed by atoms with Gasteiger partial charge in [-0.3, -0.25) is 9.59 Å². The van der Waals surface area contributed by atoms with Crippen LogP contribution in [0.2, 0.25) is 0 Å². The van der Waals surface area contributed by atoms with Crippen molar-refractivity contribution in [3.05, 3.63) is 107 Å². The van der Waals surface area contributed by atoms with Crippen molar-refractivity contribution < 1.29 is 24.6 Å². The van der Waals surface area contributed by atoms with E-state index in [1.165, 1.54) is 6.07 Å². The molecular formula is C26H23N3O5. The maximum atomic E-state index is 12.9. The minimum Gasteiger partial charge on any atom is -0.480 e. The summed E-state index contributed by atoms with van der Waals surface area (Å²) in [5, 5.41) is 34.5. The second-order valence-electron chi connectivity index (χ2n) is 7.59. The summed E-state index contributed by atoms with van der Waals surface area (Å²) in [6.07, 6.45) is -1.85. The Morgan fingerprint density at radius 3 is 2.15 bits per heavy atom. The van der Waals surface area contributed by atoms with Gasteiger partial charge in [0.25, 0.3) is 11.8 Å². The molecule has 0 spiro atoms. The summed E-state index contributed by atoms with van der Waals surface area (Å²) in [5.74, 6) is -2.75. The van der Waals surface area contributed by atoms with Crippen LogP contribution < -0.4 is 10.6 Å². The van der Waals surface area contributed by atoms with E-state index in [-0.39, 0.29) is 6.42 Å². The summed E-state index contributed by atoms with van der Waals surface area (Å²) in [6.45, 7) is 0. The molecule has 0 saturated carbocycles. The van der Waals surface area contributed by atoms with Crippen LogP contribution in [0.25, 0.3) is 0 Å². The van der Waals surface area contributed by atoms with E-state index < -0.39 is 36.0 Å². The molecule has 3 atom stereocenters. The van der Waals surface area contributed by atoms with Crippen LogP contribution in [0.1, 0.15) is 33.1 Å². The number of carboxylic acids is 1. The quantitative estimate of drug-likeness (QED) is 0.388. The van der Waals surface area contributed by atoms with Crippen LogP contribution in [-0.2, 0) is 16.0 Å². The molecule has 34 heavy (non-hydrogen) atoms. The van der Waals surface area contributed by atoms with Crippen LogP contribution in [-0.4, -0.2) is 40.1 Å². The fourth-order valence-corrected chi connectivity index (χ4v) is 3.43. The lowest BCUT2D eigenvalue weighted by atomic mass is 9.99. The number of amides is 2. The number of nitrogens with one attached hydrogen (secondary N) is 2. The van der Waals surface area contributed by atoms with E-state index >= 15 is 0 Å². The van der Waals surface area contributed by atoms with Crippen molar-refractivity contribution >= 4 is 17.8 Å². The summed E-state index contributed by atoms with van der Waals surface area (Å²) in [7, 11) is 0. The Morgan fingerprint density at radius 2 is 1.53 bits per heavy atom. The molecule has 3 aromatic rings. The molecule has 4 N–H and O–H groups in total. The molecule has 0 saturated heterocycles. The smallest absolute Gasteiger partial charge is 0.326 e. The maximum Gasteiger partial charge on any atom is 0.326 e. The Labute approximate surface area is 196 Å². The first-order valence-corrected chi connectivity index (χ1v) is 10.5. The highest BCUT2D eigenvalue weighted by Gasteiger charge is 2.32. The molecule has 3 aromatic carbocycles. The zero-order valence-electron chi connectivity index (χ0n) is 18.1. The fourth-order valence-electron chi connectivity index (χ4n) is 3.43. The highest BCUT2D eigenvalue weighted by molar-refractivity contribution is 5.95. The van der Waals surface area contributed by atoms with Crippen LogP contribution in [0, 0.1) is 11.3 Å². The number of carbonyl (C=O) groups is 3. The van der Waals surface area contributed by atoms with Crippen molar-refractivity contribution in [2.45, 2.75) is 24.6 Å². The van der Waals surface area contributed by atoms with Crippen molar-refractivity contribution in [2.75, 3.05) is 0 Å². The molecule has 0 unspecified atom stereocenters. The summed E-state index contributed by atoms with van der Waals surface area (Å²) in [6, 6.07) is 22.7. The standard InChI is InChI=1S/C26H23N3O5/c27-16-18-9-7-8-17(14-18)15-21(26(33)34)28-25(32)23(30)22(19-10-3-1-4-11-19)29-24(31)20-12-5-2-6-13-20/h1-14,21-23,30H,15H2,(H,28,32)(H,29,31)(H,33,34)/t21-,22-,23+/m0/s1. The summed E-state index contributed by atoms with van der Waals surface area (Å²) in [4.78, 5) is 37.4. The molecule has 0 heterocycles. The van der Waals surface area contributed by atoms with E-state index in [0.29, 0.717) is 22.3 Å². The first-order valence-electron chi connectivity index (χ1n) is 10.5. The van der Waals surface area contributed by atoms with E-state index in [1.54, 1.807) is 78.9 Å². The summed E-state index contributed by atoms with van der Waals surface area (Å²) < 4.78 is 0. The van der Waals surface area contributed by atoms with Gasteiger partial charge in [0.2, 0.25) is 0 Å². The normalized spacial score (nSPS) is 13.1. The van der Waals surface area contributed by atoms with E-state index in [0.717, 1.165) is 0 Å². The molecule has 3 rings (SSSR count). The molecule has 0 bridgehead atoms. The van der Waals surface area contributed by atoms with Gasteiger partial charge in [0.15, 0.2) is 6.10 Å². The second kappa shape index (κ2) is 11.4. The Bertz CT molecular complexity index is 1190. The first kappa shape index (κ1) is 24.2. The number of hydrogen-bond donors (Lipinski definition) is 4. The topological polar surface area (TPSA) is 140 Å². The molecule has 0 radical (unpaired) electrons. The van der Waals surface area contributed by atoms with Gasteiger partial charge in [-0.25, -0.2) is 4.79 Å². The molecule has 0 aliphatic carbocycles. The van der Waals surface area contributed by atoms with Gasteiger partial charge < -0.3 is 20.8 Å². The number of aliphatic hydroxyl groups excluding tert-OH is 1. The molecule has 0 aliphatic rings. The lowest BCUT2D eigenvalue weighted by Gasteiger charge is -2.25. The highest BCUT2D eigenvalue weighted by atomic mass is 16.4. The van der Waals surface area contributed by atoms with Crippen LogP contribution in [0.15, 0.2) is 84.9 Å². The third-order valence-electron chi connectivity index (χ3n) is 5.18. The van der Waals surface area contributed by atoms with E-state index in [1.807, 2.05) is 6.07 Å². The lowest BCUT2D eigenvalue weighted by Crippen LogP contribution is -2.50. The molecular weight excluding hydrogens is 434 g/mol. The summed E-state index contributed by atoms with van der Waals surface area (Å²) >= 11 is 0. The van der Waals surface area contributed by atoms with Gasteiger partial charge in [0.1, 0.15) is 6.04 Å². The SMILES string of the molecule is N#Cc1cccc(C[C@H](NC(=O)[C@H](O)[C@@H](NC(=O)c2ccccc2)c2ccccc2)C(=O)O)c1. The van der Waals surface area contributed by atoms with E-state index in [4.69, 9.17) is 5.26 Å². The zero-order chi connectivity index (χ0) is 24.5. The summed E-state index contributed by atoms with van der Waals surface area (Å²) in [5.41, 5.74) is 1.72. The molecule has 8 heteroatoms. The van der Waals surface area contributed by atoms with Crippen LogP contribution in [0.5, 0.6) is 0 Å². The van der Waals surface area contributed by atoms with E-state index in [9.17, 15) is 24.6 Å². The highest BCUT2D eigenvalue weighted by Crippen LogP contribution is 2.19. The predicted molar refractivity (Wildman–Crippen MR) is 124 cm³/mol. The molecule has 2 amide bonds. The number of nitrogens with zero attached hydrogens (tertiary/aromatic N) is 1. The molecule has 172 valence electrons. The average molecular weight is 457 g/mol. The minimum absolute atomic E-state index is 0.0876. The third kappa shape index (κ3) is 6.28. The van der Waals surface area contributed by atoms with Gasteiger partial charge in [-0.05, 0) is 35.4 Å². The number of carboxylic acid groups (broad SMARTS) is 1. The van der Waals surface area contributed by atoms with Crippen molar-refractivity contribution in [1.29, 1.82) is 5.26 Å². The van der Waals surface area contributed by atoms with Crippen LogP contribution in [0.3, 0.4) is 0 Å². The lowest BCUT2D eigenvalue weighted by molar-refractivity contribution is -0.143. The van der Waals surface area contributed by atoms with Crippen molar-refractivity contribution in [3.63, 3.8) is 0 Å². The molecule has 0 aromatic heterocycles. The zero-order valence-corrected chi connectivity index (χ0v) is 18.1. The molecule has 0 fully saturated rings. The van der Waals surface area contributed by atoms with Crippen molar-refractivity contribution in [3.8, 4) is 6.07 Å². The molecule has 8 nitrogen and oxygen atoms in total. The first-order chi connectivity index (χ1) is 16.4. The molecule has 0 aliphatic heterocycles. The van der Waals surface area contributed by atoms with E-state index in [2.05, 4.69) is 10.6 Å². The predicted octanol–water partition coefficient (Wildman–Crippen LogP) is 2.20. The van der Waals surface area contributed by atoms with Gasteiger partial charge in [0.05, 0.1) is 17.7 Å². The number of aliphatic carboxylic acids is 1. The monoisotopic (exact) mass is 457 g/mol. The van der Waals surface area contributed by atoms with Crippen LogP contribution >= 0.6 is 0 Å². The maximum absolute atomic E-state index is 12.9. The Morgan fingerprint density at radius 1 is 0.882 bits per heavy atom. The van der Waals surface area contributed by atoms with Gasteiger partial charge in [0, 0.05) is 12.0 Å². The Balaban J connectivity index is 1.79. The minimum atomic E-state index is -1.76. The van der Waals surface area contributed by atoms with Crippen molar-refractivity contribution in [2.24, 2.45) is 0 Å². The number of benzene rings is 3. The second-order valence-corrected chi connectivity index (χ2v) is 7.59. The van der Waals surface area contributed by atoms with Crippen LogP contribution in [0.4, 0.5) is 0 Å². The van der Waals surface area contributed by atoms with Gasteiger partial charge in [-0.15, -0.1) is 0 Å². The van der Waals surface area contributed by atoms with Gasteiger partial charge in [-0.2, -0.15) is 5.26 Å². The average Bonchev–Trinajstić information content (AvgIpc) is 2.87. The number of nitriles is 1. The Hall–Kier alpha value is -4.48. The van der Waals surface area contributed by atoms with Crippen molar-refractivity contribution in [1.82, 2.24) is 10.6 Å². The largest absolute Gasteiger partial charge is 0.480 e.